The first kappa shape index (κ1) is 31.8. The van der Waals surface area contributed by atoms with Gasteiger partial charge >= 0.3 is 11.9 Å². The van der Waals surface area contributed by atoms with E-state index in [9.17, 15) is 27.6 Å². The summed E-state index contributed by atoms with van der Waals surface area (Å²) in [6.07, 6.45) is -0.338. The van der Waals surface area contributed by atoms with Gasteiger partial charge in [0.2, 0.25) is 5.75 Å². The molecule has 2 aromatic rings. The number of hydrogen-bond donors (Lipinski definition) is 1. The molecule has 0 aliphatic carbocycles. The fourth-order valence-electron chi connectivity index (χ4n) is 4.32. The summed E-state index contributed by atoms with van der Waals surface area (Å²) in [5, 5.41) is 2.49. The molecule has 1 N–H and O–H groups in total. The number of carbonyl (C=O) groups excluding carboxylic acids is 3. The lowest BCUT2D eigenvalue weighted by Crippen LogP contribution is -2.46. The summed E-state index contributed by atoms with van der Waals surface area (Å²) < 4.78 is 69.1. The Morgan fingerprint density at radius 2 is 1.85 bits per heavy atom. The number of cyclic esters (lactones) is 1. The molecular weight excluding hydrogens is 549 g/mol. The molecule has 1 saturated heterocycles. The van der Waals surface area contributed by atoms with Gasteiger partial charge in [0, 0.05) is 31.7 Å². The van der Waals surface area contributed by atoms with Crippen molar-refractivity contribution in [3.8, 4) is 11.5 Å². The minimum atomic E-state index is -1.57. The van der Waals surface area contributed by atoms with Crippen LogP contribution in [0.3, 0.4) is 0 Å². The lowest BCUT2D eigenvalue weighted by molar-refractivity contribution is -0.161. The average Bonchev–Trinajstić information content (AvgIpc) is 2.94. The summed E-state index contributed by atoms with van der Waals surface area (Å²) >= 11 is 0. The molecule has 2 heterocycles. The van der Waals surface area contributed by atoms with Gasteiger partial charge in [-0.15, -0.1) is 0 Å². The number of halogens is 3. The van der Waals surface area contributed by atoms with Crippen LogP contribution in [0.25, 0.3) is 0 Å². The van der Waals surface area contributed by atoms with Crippen LogP contribution in [0.15, 0.2) is 24.4 Å². The van der Waals surface area contributed by atoms with Crippen LogP contribution in [0.5, 0.6) is 11.5 Å². The van der Waals surface area contributed by atoms with Gasteiger partial charge in [0.1, 0.15) is 6.10 Å². The van der Waals surface area contributed by atoms with E-state index in [1.807, 2.05) is 13.8 Å². The highest BCUT2D eigenvalue weighted by Crippen LogP contribution is 2.30. The highest BCUT2D eigenvalue weighted by atomic mass is 19.2. The van der Waals surface area contributed by atoms with Gasteiger partial charge in [-0.05, 0) is 37.0 Å². The van der Waals surface area contributed by atoms with E-state index in [0.29, 0.717) is 0 Å². The maximum absolute atomic E-state index is 13.9. The molecule has 0 radical (unpaired) electrons. The van der Waals surface area contributed by atoms with E-state index in [2.05, 4.69) is 10.3 Å². The van der Waals surface area contributed by atoms with Crippen LogP contribution in [0.1, 0.15) is 43.7 Å². The second kappa shape index (κ2) is 14.3. The number of nitrogens with one attached hydrogen (secondary N) is 1. The van der Waals surface area contributed by atoms with Crippen LogP contribution in [0.4, 0.5) is 13.2 Å². The first-order chi connectivity index (χ1) is 19.4. The Bertz CT molecular complexity index is 1240. The van der Waals surface area contributed by atoms with Gasteiger partial charge in [0.05, 0.1) is 26.4 Å². The van der Waals surface area contributed by atoms with E-state index in [1.54, 1.807) is 6.92 Å². The van der Waals surface area contributed by atoms with E-state index in [1.165, 1.54) is 19.4 Å². The molecule has 0 spiro atoms. The lowest BCUT2D eigenvalue weighted by Gasteiger charge is -2.31. The van der Waals surface area contributed by atoms with Gasteiger partial charge < -0.3 is 29.0 Å². The number of carbonyl (C=O) groups is 3. The van der Waals surface area contributed by atoms with Crippen molar-refractivity contribution in [2.75, 3.05) is 26.9 Å². The van der Waals surface area contributed by atoms with Crippen molar-refractivity contribution in [1.29, 1.82) is 0 Å². The minimum absolute atomic E-state index is 0.0231. The fourth-order valence-corrected chi connectivity index (χ4v) is 4.32. The normalized spacial score (nSPS) is 21.3. The summed E-state index contributed by atoms with van der Waals surface area (Å²) in [6, 6.07) is 1.89. The first-order valence-electron chi connectivity index (χ1n) is 13.0. The fraction of sp³-hybridized carbons (Fsp3) is 0.500. The van der Waals surface area contributed by atoms with Crippen LogP contribution in [0.2, 0.25) is 0 Å². The summed E-state index contributed by atoms with van der Waals surface area (Å²) in [7, 11) is 1.32. The zero-order valence-corrected chi connectivity index (χ0v) is 23.4. The molecule has 0 unspecified atom stereocenters. The number of pyridine rings is 1. The van der Waals surface area contributed by atoms with Crippen LogP contribution >= 0.6 is 0 Å². The Labute approximate surface area is 235 Å². The van der Waals surface area contributed by atoms with Gasteiger partial charge in [-0.2, -0.15) is 0 Å². The molecule has 224 valence electrons. The topological polar surface area (TPSA) is 122 Å². The third kappa shape index (κ3) is 8.40. The van der Waals surface area contributed by atoms with Crippen molar-refractivity contribution in [2.24, 2.45) is 11.8 Å². The standard InChI is InChI=1S/C28H33F3N2O8/c1-14(2)11-39-25-15(3)40-28(36)21(13-38-12-18(25)8-17-9-19(29)23(31)20(30)10-17)33-27(35)24-26(41-16(4)34)22(37-5)6-7-32-24/h6-7,9-10,14-15,18,21,25H,8,11-13H2,1-5H3,(H,33,35)/t15-,18-,21-,25-/m0/s1. The maximum Gasteiger partial charge on any atom is 0.331 e. The Morgan fingerprint density at radius 3 is 2.46 bits per heavy atom. The molecule has 1 aromatic heterocycles. The molecule has 1 aliphatic rings. The predicted octanol–water partition coefficient (Wildman–Crippen LogP) is 3.39. The molecule has 41 heavy (non-hydrogen) atoms. The Kier molecular flexibility index (Phi) is 11.1. The number of ether oxygens (including phenoxy) is 5. The number of benzene rings is 1. The Morgan fingerprint density at radius 1 is 1.17 bits per heavy atom. The van der Waals surface area contributed by atoms with Crippen molar-refractivity contribution >= 4 is 17.8 Å². The summed E-state index contributed by atoms with van der Waals surface area (Å²) in [5.41, 5.74) is -0.144. The van der Waals surface area contributed by atoms with Crippen molar-refractivity contribution in [1.82, 2.24) is 10.3 Å². The molecule has 1 fully saturated rings. The van der Waals surface area contributed by atoms with Gasteiger partial charge in [-0.3, -0.25) is 9.59 Å². The van der Waals surface area contributed by atoms with Crippen molar-refractivity contribution < 1.29 is 51.2 Å². The summed E-state index contributed by atoms with van der Waals surface area (Å²) in [4.78, 5) is 41.8. The molecule has 0 bridgehead atoms. The molecule has 4 atom stereocenters. The molecule has 1 aliphatic heterocycles. The average molecular weight is 583 g/mol. The Hall–Kier alpha value is -3.71. The number of amides is 1. The maximum atomic E-state index is 13.9. The quantitative estimate of drug-likeness (QED) is 0.350. The SMILES string of the molecule is COc1ccnc(C(=O)N[C@H]2COC[C@H](Cc3cc(F)c(F)c(F)c3)[C@@H](OCC(C)C)[C@H](C)OC2=O)c1OC(C)=O. The van der Waals surface area contributed by atoms with Gasteiger partial charge in [0.15, 0.2) is 34.9 Å². The van der Waals surface area contributed by atoms with Crippen molar-refractivity contribution in [3.05, 3.63) is 53.1 Å². The lowest BCUT2D eigenvalue weighted by atomic mass is 9.91. The van der Waals surface area contributed by atoms with Crippen LogP contribution < -0.4 is 14.8 Å². The molecule has 3 rings (SSSR count). The molecule has 1 aromatic carbocycles. The number of hydrogen-bond acceptors (Lipinski definition) is 9. The van der Waals surface area contributed by atoms with Gasteiger partial charge in [0.25, 0.3) is 5.91 Å². The number of nitrogens with zero attached hydrogens (tertiary/aromatic N) is 1. The molecule has 10 nitrogen and oxygen atoms in total. The van der Waals surface area contributed by atoms with Crippen molar-refractivity contribution in [3.63, 3.8) is 0 Å². The second-order valence-electron chi connectivity index (χ2n) is 10.0. The molecular formula is C28H33F3N2O8. The Balaban J connectivity index is 1.85. The van der Waals surface area contributed by atoms with Gasteiger partial charge in [-0.1, -0.05) is 13.8 Å². The predicted molar refractivity (Wildman–Crippen MR) is 138 cm³/mol. The van der Waals surface area contributed by atoms with Crippen LogP contribution in [-0.2, 0) is 30.2 Å². The van der Waals surface area contributed by atoms with E-state index in [0.717, 1.165) is 19.1 Å². The van der Waals surface area contributed by atoms with Crippen molar-refractivity contribution in [2.45, 2.75) is 52.4 Å². The monoisotopic (exact) mass is 582 g/mol. The third-order valence-corrected chi connectivity index (χ3v) is 6.15. The zero-order chi connectivity index (χ0) is 30.3. The second-order valence-corrected chi connectivity index (χ2v) is 10.0. The molecule has 0 saturated carbocycles. The molecule has 1 amide bonds. The zero-order valence-electron chi connectivity index (χ0n) is 23.4. The van der Waals surface area contributed by atoms with Gasteiger partial charge in [-0.25, -0.2) is 22.9 Å². The highest BCUT2D eigenvalue weighted by Gasteiger charge is 2.36. The third-order valence-electron chi connectivity index (χ3n) is 6.15. The first-order valence-corrected chi connectivity index (χ1v) is 13.0. The summed E-state index contributed by atoms with van der Waals surface area (Å²) in [6.45, 7) is 6.48. The molecule has 13 heteroatoms. The van der Waals surface area contributed by atoms with Crippen LogP contribution in [-0.4, -0.2) is 68.0 Å². The van der Waals surface area contributed by atoms with E-state index in [-0.39, 0.29) is 54.9 Å². The van der Waals surface area contributed by atoms with E-state index < -0.39 is 59.5 Å². The number of esters is 2. The highest BCUT2D eigenvalue weighted by molar-refractivity contribution is 5.98. The van der Waals surface area contributed by atoms with E-state index in [4.69, 9.17) is 23.7 Å². The largest absolute Gasteiger partial charge is 0.493 e. The summed E-state index contributed by atoms with van der Waals surface area (Å²) in [5.74, 6) is -7.25. The van der Waals surface area contributed by atoms with Crippen LogP contribution in [0, 0.1) is 29.3 Å². The number of aromatic nitrogens is 1. The number of methoxy groups -OCH3 is 1. The van der Waals surface area contributed by atoms with E-state index >= 15 is 0 Å². The smallest absolute Gasteiger partial charge is 0.331 e. The number of rotatable bonds is 9. The minimum Gasteiger partial charge on any atom is -0.493 e.